The van der Waals surface area contributed by atoms with Gasteiger partial charge in [-0.1, -0.05) is 6.07 Å². The largest absolute Gasteiger partial charge is 0.307 e. The molecular weight excluding hydrogens is 220 g/mol. The Bertz CT molecular complexity index is 502. The van der Waals surface area contributed by atoms with Crippen molar-refractivity contribution in [3.8, 4) is 0 Å². The fraction of sp³-hybridized carbons (Fsp3) is 0.333. The molecule has 82 valence electrons. The number of fused-ring (bicyclic) bond motifs is 1. The Morgan fingerprint density at radius 3 is 3.19 bits per heavy atom. The summed E-state index contributed by atoms with van der Waals surface area (Å²) in [6.45, 7) is 0. The number of imidazole rings is 1. The van der Waals surface area contributed by atoms with Crippen LogP contribution in [-0.2, 0) is 11.2 Å². The first-order valence-electron chi connectivity index (χ1n) is 5.36. The number of carbonyl (C=O) groups excluding carboxylic acids is 1. The Morgan fingerprint density at radius 1 is 1.50 bits per heavy atom. The minimum absolute atomic E-state index is 0.176. The van der Waals surface area contributed by atoms with E-state index in [4.69, 9.17) is 0 Å². The van der Waals surface area contributed by atoms with Crippen molar-refractivity contribution in [3.05, 3.63) is 36.3 Å². The maximum Gasteiger partial charge on any atom is 0.147 e. The third kappa shape index (κ3) is 1.73. The van der Waals surface area contributed by atoms with E-state index in [1.165, 1.54) is 0 Å². The number of hydrogen-bond acceptors (Lipinski definition) is 3. The average Bonchev–Trinajstić information content (AvgIpc) is 2.85. The standard InChI is InChI=1S/C12H12N2OS/c15-11-8-16-7-9(11)5-10-6-14-4-2-1-3-12(14)13-10/h1-4,6,9H,5,7-8H2. The second-order valence-corrected chi connectivity index (χ2v) is 5.11. The van der Waals surface area contributed by atoms with Gasteiger partial charge in [-0.3, -0.25) is 4.79 Å². The molecule has 0 spiro atoms. The van der Waals surface area contributed by atoms with Crippen LogP contribution in [0.4, 0.5) is 0 Å². The van der Waals surface area contributed by atoms with Crippen molar-refractivity contribution in [1.29, 1.82) is 0 Å². The molecule has 0 aromatic carbocycles. The number of pyridine rings is 1. The van der Waals surface area contributed by atoms with Crippen LogP contribution in [0.2, 0.25) is 0 Å². The SMILES string of the molecule is O=C1CSCC1Cc1cn2ccccc2n1. The molecule has 1 aliphatic rings. The van der Waals surface area contributed by atoms with E-state index >= 15 is 0 Å². The molecule has 0 N–H and O–H groups in total. The van der Waals surface area contributed by atoms with Crippen LogP contribution in [0.3, 0.4) is 0 Å². The predicted molar refractivity (Wildman–Crippen MR) is 64.7 cm³/mol. The molecule has 2 aromatic heterocycles. The normalized spacial score (nSPS) is 20.8. The third-order valence-corrected chi connectivity index (χ3v) is 4.01. The Hall–Kier alpha value is -1.29. The number of Topliss-reactive ketones (excluding diaryl/α,β-unsaturated/α-hetero) is 1. The van der Waals surface area contributed by atoms with Crippen molar-refractivity contribution in [3.63, 3.8) is 0 Å². The van der Waals surface area contributed by atoms with Crippen molar-refractivity contribution in [2.45, 2.75) is 6.42 Å². The van der Waals surface area contributed by atoms with Crippen molar-refractivity contribution in [2.24, 2.45) is 5.92 Å². The van der Waals surface area contributed by atoms with Crippen LogP contribution in [-0.4, -0.2) is 26.7 Å². The summed E-state index contributed by atoms with van der Waals surface area (Å²) in [6, 6.07) is 5.94. The van der Waals surface area contributed by atoms with Gasteiger partial charge < -0.3 is 4.40 Å². The van der Waals surface area contributed by atoms with E-state index in [1.54, 1.807) is 11.8 Å². The van der Waals surface area contributed by atoms with Crippen LogP contribution in [0, 0.1) is 5.92 Å². The number of nitrogens with zero attached hydrogens (tertiary/aromatic N) is 2. The second kappa shape index (κ2) is 3.94. The minimum atomic E-state index is 0.176. The summed E-state index contributed by atoms with van der Waals surface area (Å²) in [4.78, 5) is 16.1. The summed E-state index contributed by atoms with van der Waals surface area (Å²) >= 11 is 1.73. The van der Waals surface area contributed by atoms with Gasteiger partial charge in [0.25, 0.3) is 0 Å². The van der Waals surface area contributed by atoms with E-state index in [2.05, 4.69) is 4.98 Å². The molecule has 3 nitrogen and oxygen atoms in total. The average molecular weight is 232 g/mol. The first-order valence-corrected chi connectivity index (χ1v) is 6.51. The van der Waals surface area contributed by atoms with Gasteiger partial charge in [0.1, 0.15) is 11.4 Å². The molecule has 1 unspecified atom stereocenters. The molecule has 0 bridgehead atoms. The van der Waals surface area contributed by atoms with Crippen LogP contribution in [0.15, 0.2) is 30.6 Å². The smallest absolute Gasteiger partial charge is 0.147 e. The fourth-order valence-corrected chi connectivity index (χ4v) is 3.17. The Balaban J connectivity index is 1.86. The van der Waals surface area contributed by atoms with E-state index in [-0.39, 0.29) is 5.92 Å². The molecule has 1 fully saturated rings. The summed E-state index contributed by atoms with van der Waals surface area (Å²) < 4.78 is 2.00. The maximum absolute atomic E-state index is 11.5. The highest BCUT2D eigenvalue weighted by molar-refractivity contribution is 8.00. The lowest BCUT2D eigenvalue weighted by Crippen LogP contribution is -2.14. The Kier molecular flexibility index (Phi) is 2.44. The van der Waals surface area contributed by atoms with Crippen molar-refractivity contribution < 1.29 is 4.79 Å². The summed E-state index contributed by atoms with van der Waals surface area (Å²) in [5, 5.41) is 0. The van der Waals surface area contributed by atoms with Crippen molar-refractivity contribution in [2.75, 3.05) is 11.5 Å². The highest BCUT2D eigenvalue weighted by Gasteiger charge is 2.25. The lowest BCUT2D eigenvalue weighted by Gasteiger charge is -2.02. The Morgan fingerprint density at radius 2 is 2.44 bits per heavy atom. The first-order chi connectivity index (χ1) is 7.83. The zero-order valence-corrected chi connectivity index (χ0v) is 9.61. The lowest BCUT2D eigenvalue weighted by molar-refractivity contribution is -0.119. The van der Waals surface area contributed by atoms with E-state index in [0.29, 0.717) is 11.5 Å². The minimum Gasteiger partial charge on any atom is -0.307 e. The van der Waals surface area contributed by atoms with E-state index in [9.17, 15) is 4.79 Å². The molecule has 0 radical (unpaired) electrons. The molecule has 2 aromatic rings. The van der Waals surface area contributed by atoms with Crippen LogP contribution < -0.4 is 0 Å². The molecule has 1 atom stereocenters. The number of thioether (sulfide) groups is 1. The van der Waals surface area contributed by atoms with Gasteiger partial charge in [-0.05, 0) is 12.1 Å². The van der Waals surface area contributed by atoms with Crippen LogP contribution in [0.5, 0.6) is 0 Å². The number of carbonyl (C=O) groups is 1. The van der Waals surface area contributed by atoms with Crippen LogP contribution in [0.25, 0.3) is 5.65 Å². The molecular formula is C12H12N2OS. The van der Waals surface area contributed by atoms with Gasteiger partial charge in [0, 0.05) is 30.5 Å². The molecule has 0 aliphatic carbocycles. The van der Waals surface area contributed by atoms with Crippen molar-refractivity contribution in [1.82, 2.24) is 9.38 Å². The highest BCUT2D eigenvalue weighted by Crippen LogP contribution is 2.23. The molecule has 3 heterocycles. The molecule has 3 rings (SSSR count). The van der Waals surface area contributed by atoms with Gasteiger partial charge in [-0.15, -0.1) is 0 Å². The Labute approximate surface area is 97.9 Å². The van der Waals surface area contributed by atoms with Gasteiger partial charge in [-0.25, -0.2) is 4.98 Å². The number of rotatable bonds is 2. The number of aromatic nitrogens is 2. The van der Waals surface area contributed by atoms with Gasteiger partial charge in [0.15, 0.2) is 0 Å². The van der Waals surface area contributed by atoms with Crippen LogP contribution >= 0.6 is 11.8 Å². The zero-order valence-electron chi connectivity index (χ0n) is 8.80. The predicted octanol–water partition coefficient (Wildman–Crippen LogP) is 1.81. The highest BCUT2D eigenvalue weighted by atomic mass is 32.2. The molecule has 0 saturated carbocycles. The zero-order chi connectivity index (χ0) is 11.0. The quantitative estimate of drug-likeness (QED) is 0.792. The van der Waals surface area contributed by atoms with E-state index in [0.717, 1.165) is 23.5 Å². The van der Waals surface area contributed by atoms with Gasteiger partial charge >= 0.3 is 0 Å². The second-order valence-electron chi connectivity index (χ2n) is 4.08. The third-order valence-electron chi connectivity index (χ3n) is 2.89. The molecule has 1 saturated heterocycles. The summed E-state index contributed by atoms with van der Waals surface area (Å²) in [5.41, 5.74) is 1.97. The topological polar surface area (TPSA) is 34.4 Å². The fourth-order valence-electron chi connectivity index (χ4n) is 2.02. The lowest BCUT2D eigenvalue weighted by atomic mass is 10.0. The summed E-state index contributed by atoms with van der Waals surface area (Å²) in [5.74, 6) is 2.18. The van der Waals surface area contributed by atoms with Gasteiger partial charge in [-0.2, -0.15) is 11.8 Å². The van der Waals surface area contributed by atoms with Crippen LogP contribution in [0.1, 0.15) is 5.69 Å². The maximum atomic E-state index is 11.5. The van der Waals surface area contributed by atoms with Gasteiger partial charge in [0.05, 0.1) is 11.4 Å². The van der Waals surface area contributed by atoms with E-state index < -0.39 is 0 Å². The molecule has 16 heavy (non-hydrogen) atoms. The van der Waals surface area contributed by atoms with Gasteiger partial charge in [0.2, 0.25) is 0 Å². The molecule has 0 amide bonds. The first kappa shape index (κ1) is 9.90. The monoisotopic (exact) mass is 232 g/mol. The number of ketones is 1. The summed E-state index contributed by atoms with van der Waals surface area (Å²) in [6.07, 6.45) is 4.79. The molecule has 4 heteroatoms. The van der Waals surface area contributed by atoms with Crippen molar-refractivity contribution >= 4 is 23.2 Å². The summed E-state index contributed by atoms with van der Waals surface area (Å²) in [7, 11) is 0. The number of hydrogen-bond donors (Lipinski definition) is 0. The van der Waals surface area contributed by atoms with E-state index in [1.807, 2.05) is 35.0 Å². The molecule has 1 aliphatic heterocycles.